The van der Waals surface area contributed by atoms with Gasteiger partial charge in [0.05, 0.1) is 0 Å². The van der Waals surface area contributed by atoms with Gasteiger partial charge in [0.15, 0.2) is 0 Å². The third-order valence-corrected chi connectivity index (χ3v) is 5.75. The maximum absolute atomic E-state index is 12.8. The fraction of sp³-hybridized carbons (Fsp3) is 0.500. The molecular formula is C22H30N4OS. The topological polar surface area (TPSA) is 49.3 Å². The summed E-state index contributed by atoms with van der Waals surface area (Å²) in [5, 5.41) is 0.538. The first-order valence-electron chi connectivity index (χ1n) is 10.00. The Morgan fingerprint density at radius 1 is 1.00 bits per heavy atom. The van der Waals surface area contributed by atoms with E-state index in [1.165, 1.54) is 4.90 Å². The SMILES string of the molecule is Cc1cc(N2CCN(C(=O)c3ccc(SC(C)C)cc3)CC2)nc(C(C)C)n1. The lowest BCUT2D eigenvalue weighted by Gasteiger charge is -2.35. The smallest absolute Gasteiger partial charge is 0.253 e. The van der Waals surface area contributed by atoms with Gasteiger partial charge < -0.3 is 9.80 Å². The van der Waals surface area contributed by atoms with Crippen molar-refractivity contribution in [3.05, 3.63) is 47.4 Å². The van der Waals surface area contributed by atoms with Crippen LogP contribution in [0.4, 0.5) is 5.82 Å². The van der Waals surface area contributed by atoms with E-state index >= 15 is 0 Å². The molecule has 1 aliphatic rings. The van der Waals surface area contributed by atoms with Crippen molar-refractivity contribution >= 4 is 23.5 Å². The van der Waals surface area contributed by atoms with E-state index in [-0.39, 0.29) is 5.91 Å². The van der Waals surface area contributed by atoms with Gasteiger partial charge in [-0.1, -0.05) is 27.7 Å². The number of hydrogen-bond acceptors (Lipinski definition) is 5. The molecule has 1 aliphatic heterocycles. The van der Waals surface area contributed by atoms with Crippen LogP contribution < -0.4 is 4.90 Å². The third kappa shape index (κ3) is 5.04. The van der Waals surface area contributed by atoms with Gasteiger partial charge in [-0.2, -0.15) is 0 Å². The number of hydrogen-bond donors (Lipinski definition) is 0. The Balaban J connectivity index is 1.63. The first kappa shape index (κ1) is 20.6. The Kier molecular flexibility index (Phi) is 6.60. The van der Waals surface area contributed by atoms with Crippen molar-refractivity contribution < 1.29 is 4.79 Å². The van der Waals surface area contributed by atoms with Crippen LogP contribution in [0.15, 0.2) is 35.2 Å². The summed E-state index contributed by atoms with van der Waals surface area (Å²) in [6.07, 6.45) is 0. The van der Waals surface area contributed by atoms with Gasteiger partial charge in [-0.3, -0.25) is 4.79 Å². The van der Waals surface area contributed by atoms with Gasteiger partial charge in [0, 0.05) is 59.6 Å². The quantitative estimate of drug-likeness (QED) is 0.700. The summed E-state index contributed by atoms with van der Waals surface area (Å²) in [6, 6.07) is 10.0. The van der Waals surface area contributed by atoms with Crippen LogP contribution >= 0.6 is 11.8 Å². The number of nitrogens with zero attached hydrogens (tertiary/aromatic N) is 4. The van der Waals surface area contributed by atoms with Crippen LogP contribution in [-0.4, -0.2) is 52.2 Å². The van der Waals surface area contributed by atoms with Gasteiger partial charge in [0.2, 0.25) is 0 Å². The zero-order valence-corrected chi connectivity index (χ0v) is 18.3. The molecule has 0 radical (unpaired) electrons. The molecule has 1 aromatic heterocycles. The number of amides is 1. The Morgan fingerprint density at radius 2 is 1.64 bits per heavy atom. The minimum Gasteiger partial charge on any atom is -0.353 e. The van der Waals surface area contributed by atoms with E-state index in [0.29, 0.717) is 24.3 Å². The maximum atomic E-state index is 12.8. The molecule has 6 heteroatoms. The highest BCUT2D eigenvalue weighted by molar-refractivity contribution is 7.99. The number of carbonyl (C=O) groups excluding carboxylic acids is 1. The molecule has 150 valence electrons. The third-order valence-electron chi connectivity index (χ3n) is 4.74. The predicted molar refractivity (Wildman–Crippen MR) is 116 cm³/mol. The van der Waals surface area contributed by atoms with Gasteiger partial charge in [-0.25, -0.2) is 9.97 Å². The van der Waals surface area contributed by atoms with Gasteiger partial charge in [0.25, 0.3) is 5.91 Å². The van der Waals surface area contributed by atoms with Crippen molar-refractivity contribution in [2.75, 3.05) is 31.1 Å². The molecule has 2 aromatic rings. The van der Waals surface area contributed by atoms with E-state index in [1.807, 2.05) is 53.9 Å². The second-order valence-corrected chi connectivity index (χ2v) is 9.50. The normalized spacial score (nSPS) is 14.8. The fourth-order valence-electron chi connectivity index (χ4n) is 3.26. The van der Waals surface area contributed by atoms with Crippen molar-refractivity contribution in [1.29, 1.82) is 0 Å². The molecule has 1 aromatic carbocycles. The van der Waals surface area contributed by atoms with Crippen LogP contribution in [0.25, 0.3) is 0 Å². The van der Waals surface area contributed by atoms with Gasteiger partial charge in [-0.05, 0) is 31.2 Å². The molecule has 0 saturated carbocycles. The number of rotatable bonds is 5. The molecule has 1 fully saturated rings. The zero-order chi connectivity index (χ0) is 20.3. The van der Waals surface area contributed by atoms with Crippen molar-refractivity contribution in [3.8, 4) is 0 Å². The van der Waals surface area contributed by atoms with Crippen molar-refractivity contribution in [1.82, 2.24) is 14.9 Å². The van der Waals surface area contributed by atoms with E-state index < -0.39 is 0 Å². The first-order chi connectivity index (χ1) is 13.3. The average Bonchev–Trinajstić information content (AvgIpc) is 2.67. The number of aromatic nitrogens is 2. The van der Waals surface area contributed by atoms with Gasteiger partial charge >= 0.3 is 0 Å². The second kappa shape index (κ2) is 8.95. The highest BCUT2D eigenvalue weighted by Gasteiger charge is 2.23. The average molecular weight is 399 g/mol. The number of thioether (sulfide) groups is 1. The van der Waals surface area contributed by atoms with E-state index in [0.717, 1.165) is 36.0 Å². The first-order valence-corrected chi connectivity index (χ1v) is 10.9. The molecule has 0 atom stereocenters. The molecule has 0 unspecified atom stereocenters. The molecule has 28 heavy (non-hydrogen) atoms. The van der Waals surface area contributed by atoms with Crippen molar-refractivity contribution in [2.24, 2.45) is 0 Å². The molecule has 5 nitrogen and oxygen atoms in total. The largest absolute Gasteiger partial charge is 0.353 e. The Bertz CT molecular complexity index is 812. The second-order valence-electron chi connectivity index (χ2n) is 7.85. The fourth-order valence-corrected chi connectivity index (χ4v) is 4.10. The predicted octanol–water partition coefficient (Wildman–Crippen LogP) is 4.37. The highest BCUT2D eigenvalue weighted by atomic mass is 32.2. The minimum absolute atomic E-state index is 0.113. The summed E-state index contributed by atoms with van der Waals surface area (Å²) in [5.74, 6) is 2.27. The summed E-state index contributed by atoms with van der Waals surface area (Å²) < 4.78 is 0. The molecule has 0 N–H and O–H groups in total. The molecule has 3 rings (SSSR count). The van der Waals surface area contributed by atoms with Crippen LogP contribution in [0.3, 0.4) is 0 Å². The number of aryl methyl sites for hydroxylation is 1. The number of carbonyl (C=O) groups is 1. The van der Waals surface area contributed by atoms with E-state index in [9.17, 15) is 4.79 Å². The summed E-state index contributed by atoms with van der Waals surface area (Å²) in [6.45, 7) is 13.6. The molecule has 1 amide bonds. The van der Waals surface area contributed by atoms with E-state index in [2.05, 4.69) is 37.6 Å². The summed E-state index contributed by atoms with van der Waals surface area (Å²) in [7, 11) is 0. The number of piperazine rings is 1. The van der Waals surface area contributed by atoms with Crippen LogP contribution in [0.1, 0.15) is 55.5 Å². The Morgan fingerprint density at radius 3 is 2.21 bits per heavy atom. The number of anilines is 1. The van der Waals surface area contributed by atoms with Gasteiger partial charge in [-0.15, -0.1) is 11.8 Å². The van der Waals surface area contributed by atoms with Crippen LogP contribution in [0.5, 0.6) is 0 Å². The number of benzene rings is 1. The maximum Gasteiger partial charge on any atom is 0.253 e. The molecular weight excluding hydrogens is 368 g/mol. The van der Waals surface area contributed by atoms with Crippen LogP contribution in [0, 0.1) is 6.92 Å². The Labute approximate surface area is 172 Å². The molecule has 0 aliphatic carbocycles. The standard InChI is InChI=1S/C22H30N4OS/c1-15(2)21-23-17(5)14-20(24-21)25-10-12-26(13-11-25)22(27)18-6-8-19(9-7-18)28-16(3)4/h6-9,14-16H,10-13H2,1-5H3. The summed E-state index contributed by atoms with van der Waals surface area (Å²) in [5.41, 5.74) is 1.76. The minimum atomic E-state index is 0.113. The lowest BCUT2D eigenvalue weighted by atomic mass is 10.1. The lowest BCUT2D eigenvalue weighted by Crippen LogP contribution is -2.49. The van der Waals surface area contributed by atoms with Crippen molar-refractivity contribution in [3.63, 3.8) is 0 Å². The molecule has 1 saturated heterocycles. The van der Waals surface area contributed by atoms with Crippen LogP contribution in [-0.2, 0) is 0 Å². The van der Waals surface area contributed by atoms with Crippen LogP contribution in [0.2, 0.25) is 0 Å². The lowest BCUT2D eigenvalue weighted by molar-refractivity contribution is 0.0746. The highest BCUT2D eigenvalue weighted by Crippen LogP contribution is 2.24. The monoisotopic (exact) mass is 398 g/mol. The summed E-state index contributed by atoms with van der Waals surface area (Å²) in [4.78, 5) is 27.5. The molecule has 0 spiro atoms. The van der Waals surface area contributed by atoms with Crippen molar-refractivity contribution in [2.45, 2.75) is 50.7 Å². The summed E-state index contributed by atoms with van der Waals surface area (Å²) >= 11 is 1.81. The Hall–Kier alpha value is -2.08. The van der Waals surface area contributed by atoms with E-state index in [1.54, 1.807) is 0 Å². The zero-order valence-electron chi connectivity index (χ0n) is 17.5. The van der Waals surface area contributed by atoms with Gasteiger partial charge in [0.1, 0.15) is 11.6 Å². The molecule has 0 bridgehead atoms. The molecule has 2 heterocycles. The van der Waals surface area contributed by atoms with E-state index in [4.69, 9.17) is 4.98 Å².